The average Bonchev–Trinajstić information content (AvgIpc) is 3.09. The van der Waals surface area contributed by atoms with Gasteiger partial charge in [0.25, 0.3) is 0 Å². The Balaban J connectivity index is 0.00000225. The molecular formula is C19H30IN3O2. The lowest BCUT2D eigenvalue weighted by Crippen LogP contribution is -2.56. The number of para-hydroxylation sites is 1. The zero-order chi connectivity index (χ0) is 17.0. The zero-order valence-electron chi connectivity index (χ0n) is 15.2. The van der Waals surface area contributed by atoms with Crippen LogP contribution in [0.1, 0.15) is 44.6 Å². The van der Waals surface area contributed by atoms with Gasteiger partial charge in [-0.1, -0.05) is 31.0 Å². The highest BCUT2D eigenvalue weighted by Crippen LogP contribution is 2.56. The smallest absolute Gasteiger partial charge is 0.193 e. The van der Waals surface area contributed by atoms with E-state index >= 15 is 0 Å². The maximum Gasteiger partial charge on any atom is 0.193 e. The monoisotopic (exact) mass is 459 g/mol. The summed E-state index contributed by atoms with van der Waals surface area (Å²) in [5.41, 5.74) is 8.46. The fourth-order valence-corrected chi connectivity index (χ4v) is 4.29. The average molecular weight is 459 g/mol. The van der Waals surface area contributed by atoms with Gasteiger partial charge in [-0.05, 0) is 32.3 Å². The second kappa shape index (κ2) is 9.19. The van der Waals surface area contributed by atoms with Crippen molar-refractivity contribution in [3.05, 3.63) is 29.8 Å². The van der Waals surface area contributed by atoms with Crippen LogP contribution < -0.4 is 11.1 Å². The molecule has 25 heavy (non-hydrogen) atoms. The first-order chi connectivity index (χ1) is 11.7. The number of ether oxygens (including phenoxy) is 2. The molecule has 3 N–H and O–H groups in total. The number of methoxy groups -OCH3 is 1. The molecule has 2 saturated carbocycles. The highest BCUT2D eigenvalue weighted by molar-refractivity contribution is 14.0. The maximum absolute atomic E-state index is 6.21. The molecule has 1 aromatic carbocycles. The Hall–Kier alpha value is -0.860. The Morgan fingerprint density at radius 1 is 1.32 bits per heavy atom. The van der Waals surface area contributed by atoms with Crippen molar-refractivity contribution in [2.24, 2.45) is 16.1 Å². The van der Waals surface area contributed by atoms with Crippen molar-refractivity contribution in [1.82, 2.24) is 0 Å². The number of nitrogens with zero attached hydrogens (tertiary/aromatic N) is 1. The third-order valence-corrected chi connectivity index (χ3v) is 5.52. The van der Waals surface area contributed by atoms with E-state index in [9.17, 15) is 0 Å². The fraction of sp³-hybridized carbons (Fsp3) is 0.632. The summed E-state index contributed by atoms with van der Waals surface area (Å²) in [5, 5.41) is 3.25. The van der Waals surface area contributed by atoms with Crippen molar-refractivity contribution >= 4 is 35.6 Å². The van der Waals surface area contributed by atoms with Gasteiger partial charge in [0, 0.05) is 30.4 Å². The van der Waals surface area contributed by atoms with E-state index < -0.39 is 0 Å². The molecule has 1 spiro atoms. The van der Waals surface area contributed by atoms with E-state index in [1.165, 1.54) is 25.7 Å². The molecule has 0 aromatic heterocycles. The number of halogens is 1. The van der Waals surface area contributed by atoms with Gasteiger partial charge in [-0.15, -0.1) is 24.0 Å². The molecule has 3 rings (SSSR count). The summed E-state index contributed by atoms with van der Waals surface area (Å²) in [5.74, 6) is 0.491. The molecule has 2 atom stereocenters. The molecule has 2 aliphatic carbocycles. The number of rotatable bonds is 6. The van der Waals surface area contributed by atoms with Gasteiger partial charge in [-0.2, -0.15) is 0 Å². The van der Waals surface area contributed by atoms with Crippen LogP contribution in [0.25, 0.3) is 0 Å². The standard InChI is InChI=1S/C19H29N3O2.HI/c1-3-24-17-12-16(19(17)10-6-7-11-19)22-18(20)21-15-9-5-4-8-14(15)13-23-2;/h4-5,8-9,16-17H,3,6-7,10-13H2,1-2H3,(H3,20,21,22);1H. The van der Waals surface area contributed by atoms with E-state index in [1.807, 2.05) is 24.3 Å². The van der Waals surface area contributed by atoms with Crippen molar-refractivity contribution in [1.29, 1.82) is 0 Å². The van der Waals surface area contributed by atoms with E-state index in [0.717, 1.165) is 24.3 Å². The van der Waals surface area contributed by atoms with Crippen molar-refractivity contribution in [2.75, 3.05) is 19.0 Å². The Labute approximate surface area is 167 Å². The number of hydrogen-bond donors (Lipinski definition) is 2. The maximum atomic E-state index is 6.21. The van der Waals surface area contributed by atoms with Crippen LogP contribution in [0.3, 0.4) is 0 Å². The molecule has 6 heteroatoms. The minimum absolute atomic E-state index is 0. The molecule has 140 valence electrons. The molecule has 1 aromatic rings. The van der Waals surface area contributed by atoms with Crippen molar-refractivity contribution < 1.29 is 9.47 Å². The first kappa shape index (κ1) is 20.5. The molecule has 2 aliphatic rings. The summed E-state index contributed by atoms with van der Waals surface area (Å²) >= 11 is 0. The van der Waals surface area contributed by atoms with Crippen LogP contribution in [0.15, 0.2) is 29.3 Å². The SMILES string of the molecule is CCOC1CC(N=C(N)Nc2ccccc2COC)C12CCCC2.I. The largest absolute Gasteiger partial charge is 0.380 e. The zero-order valence-corrected chi connectivity index (χ0v) is 17.5. The number of nitrogens with one attached hydrogen (secondary N) is 1. The fourth-order valence-electron chi connectivity index (χ4n) is 4.29. The summed E-state index contributed by atoms with van der Waals surface area (Å²) < 4.78 is 11.2. The first-order valence-corrected chi connectivity index (χ1v) is 8.98. The highest BCUT2D eigenvalue weighted by Gasteiger charge is 2.56. The van der Waals surface area contributed by atoms with Gasteiger partial charge in [-0.25, -0.2) is 4.99 Å². The van der Waals surface area contributed by atoms with E-state index in [-0.39, 0.29) is 35.4 Å². The summed E-state index contributed by atoms with van der Waals surface area (Å²) in [4.78, 5) is 4.81. The van der Waals surface area contributed by atoms with Crippen LogP contribution in [0.4, 0.5) is 5.69 Å². The molecular weight excluding hydrogens is 429 g/mol. The summed E-state index contributed by atoms with van der Waals surface area (Å²) in [6.45, 7) is 3.40. The van der Waals surface area contributed by atoms with Crippen LogP contribution >= 0.6 is 24.0 Å². The van der Waals surface area contributed by atoms with E-state index in [0.29, 0.717) is 18.7 Å². The molecule has 0 bridgehead atoms. The van der Waals surface area contributed by atoms with Gasteiger partial charge in [-0.3, -0.25) is 0 Å². The quantitative estimate of drug-likeness (QED) is 0.385. The Morgan fingerprint density at radius 2 is 2.04 bits per heavy atom. The Kier molecular flexibility index (Phi) is 7.51. The molecule has 0 radical (unpaired) electrons. The van der Waals surface area contributed by atoms with Crippen LogP contribution in [0.2, 0.25) is 0 Å². The van der Waals surface area contributed by atoms with E-state index in [1.54, 1.807) is 7.11 Å². The first-order valence-electron chi connectivity index (χ1n) is 8.98. The predicted molar refractivity (Wildman–Crippen MR) is 113 cm³/mol. The summed E-state index contributed by atoms with van der Waals surface area (Å²) in [6, 6.07) is 8.30. The molecule has 0 amide bonds. The van der Waals surface area contributed by atoms with Crippen LogP contribution in [-0.4, -0.2) is 31.8 Å². The highest BCUT2D eigenvalue weighted by atomic mass is 127. The molecule has 2 unspecified atom stereocenters. The van der Waals surface area contributed by atoms with E-state index in [2.05, 4.69) is 12.2 Å². The van der Waals surface area contributed by atoms with Crippen LogP contribution in [0.5, 0.6) is 0 Å². The van der Waals surface area contributed by atoms with Crippen molar-refractivity contribution in [3.8, 4) is 0 Å². The molecule has 0 saturated heterocycles. The molecule has 0 aliphatic heterocycles. The Bertz CT molecular complexity index is 588. The van der Waals surface area contributed by atoms with Gasteiger partial charge >= 0.3 is 0 Å². The number of guanidine groups is 1. The second-order valence-electron chi connectivity index (χ2n) is 6.87. The number of aliphatic imine (C=N–C) groups is 1. The summed E-state index contributed by atoms with van der Waals surface area (Å²) in [7, 11) is 1.69. The van der Waals surface area contributed by atoms with Gasteiger partial charge in [0.1, 0.15) is 0 Å². The molecule has 5 nitrogen and oxygen atoms in total. The Morgan fingerprint density at radius 3 is 2.72 bits per heavy atom. The molecule has 2 fully saturated rings. The minimum atomic E-state index is 0. The summed E-state index contributed by atoms with van der Waals surface area (Å²) in [6.07, 6.45) is 6.31. The lowest BCUT2D eigenvalue weighted by molar-refractivity contribution is -0.119. The van der Waals surface area contributed by atoms with Crippen LogP contribution in [-0.2, 0) is 16.1 Å². The third kappa shape index (κ3) is 4.28. The number of hydrogen-bond acceptors (Lipinski definition) is 3. The number of benzene rings is 1. The normalized spacial score (nSPS) is 24.6. The van der Waals surface area contributed by atoms with Crippen molar-refractivity contribution in [3.63, 3.8) is 0 Å². The van der Waals surface area contributed by atoms with Gasteiger partial charge in [0.05, 0.1) is 18.8 Å². The lowest BCUT2D eigenvalue weighted by atomic mass is 9.61. The van der Waals surface area contributed by atoms with Gasteiger partial charge in [0.2, 0.25) is 0 Å². The lowest BCUT2D eigenvalue weighted by Gasteiger charge is -2.52. The van der Waals surface area contributed by atoms with Crippen molar-refractivity contribution in [2.45, 2.75) is 57.8 Å². The second-order valence-corrected chi connectivity index (χ2v) is 6.87. The van der Waals surface area contributed by atoms with Gasteiger partial charge < -0.3 is 20.5 Å². The number of anilines is 1. The van der Waals surface area contributed by atoms with E-state index in [4.69, 9.17) is 20.2 Å². The predicted octanol–water partition coefficient (Wildman–Crippen LogP) is 3.92. The van der Waals surface area contributed by atoms with Crippen LogP contribution in [0, 0.1) is 5.41 Å². The van der Waals surface area contributed by atoms with Gasteiger partial charge in [0.15, 0.2) is 5.96 Å². The third-order valence-electron chi connectivity index (χ3n) is 5.52. The minimum Gasteiger partial charge on any atom is -0.380 e. The topological polar surface area (TPSA) is 68.9 Å². The number of nitrogens with two attached hydrogens (primary N) is 1. The molecule has 0 heterocycles.